The second kappa shape index (κ2) is 5.97. The monoisotopic (exact) mass is 266 g/mol. The zero-order chi connectivity index (χ0) is 13.0. The summed E-state index contributed by atoms with van der Waals surface area (Å²) in [6.07, 6.45) is 4.77. The van der Waals surface area contributed by atoms with E-state index < -0.39 is 0 Å². The summed E-state index contributed by atoms with van der Waals surface area (Å²) in [6.45, 7) is 3.54. The van der Waals surface area contributed by atoms with Gasteiger partial charge in [0.2, 0.25) is 5.91 Å². The van der Waals surface area contributed by atoms with Crippen molar-refractivity contribution >= 4 is 17.7 Å². The highest BCUT2D eigenvalue weighted by atomic mass is 32.2. The zero-order valence-electron chi connectivity index (χ0n) is 11.2. The van der Waals surface area contributed by atoms with Crippen molar-refractivity contribution in [2.45, 2.75) is 39.0 Å². The van der Waals surface area contributed by atoms with Crippen LogP contribution in [0.3, 0.4) is 0 Å². The summed E-state index contributed by atoms with van der Waals surface area (Å²) in [7, 11) is 0. The Balaban J connectivity index is 1.79. The number of amides is 1. The minimum atomic E-state index is -0.210. The third-order valence-electron chi connectivity index (χ3n) is 4.29. The summed E-state index contributed by atoms with van der Waals surface area (Å²) in [5.41, 5.74) is -0.210. The molecule has 0 atom stereocenters. The molecule has 1 amide bonds. The standard InChI is InChI=1S/C14H22N2OS/c1-14(11-15)4-6-16(7-5-14)13(17)10-12-2-8-18-9-3-12/h12H,2-10H2,1H3. The van der Waals surface area contributed by atoms with Gasteiger partial charge < -0.3 is 4.90 Å². The minimum Gasteiger partial charge on any atom is -0.343 e. The topological polar surface area (TPSA) is 44.1 Å². The third kappa shape index (κ3) is 3.41. The lowest BCUT2D eigenvalue weighted by Crippen LogP contribution is -2.42. The largest absolute Gasteiger partial charge is 0.343 e. The van der Waals surface area contributed by atoms with Gasteiger partial charge in [0.05, 0.1) is 11.5 Å². The number of likely N-dealkylation sites (tertiary alicyclic amines) is 1. The van der Waals surface area contributed by atoms with Crippen molar-refractivity contribution in [2.75, 3.05) is 24.6 Å². The molecule has 0 aromatic carbocycles. The number of piperidine rings is 1. The molecule has 0 radical (unpaired) electrons. The molecule has 2 fully saturated rings. The van der Waals surface area contributed by atoms with Gasteiger partial charge in [-0.15, -0.1) is 0 Å². The predicted octanol–water partition coefficient (Wildman–Crippen LogP) is 2.67. The van der Waals surface area contributed by atoms with Crippen LogP contribution < -0.4 is 0 Å². The lowest BCUT2D eigenvalue weighted by Gasteiger charge is -2.35. The molecule has 18 heavy (non-hydrogen) atoms. The normalized spacial score (nSPS) is 24.6. The maximum absolute atomic E-state index is 12.2. The van der Waals surface area contributed by atoms with E-state index in [0.29, 0.717) is 11.8 Å². The molecule has 0 aromatic heterocycles. The van der Waals surface area contributed by atoms with Gasteiger partial charge >= 0.3 is 0 Å². The number of carbonyl (C=O) groups excluding carboxylic acids is 1. The number of thioether (sulfide) groups is 1. The lowest BCUT2D eigenvalue weighted by molar-refractivity contribution is -0.134. The minimum absolute atomic E-state index is 0.210. The fourth-order valence-corrected chi connectivity index (χ4v) is 3.89. The number of carbonyl (C=O) groups is 1. The van der Waals surface area contributed by atoms with E-state index in [2.05, 4.69) is 6.07 Å². The molecule has 2 rings (SSSR count). The van der Waals surface area contributed by atoms with Crippen LogP contribution in [-0.2, 0) is 4.79 Å². The Bertz CT molecular complexity index is 336. The van der Waals surface area contributed by atoms with Gasteiger partial charge in [-0.05, 0) is 50.0 Å². The second-order valence-electron chi connectivity index (χ2n) is 5.81. The molecule has 2 aliphatic heterocycles. The fraction of sp³-hybridized carbons (Fsp3) is 0.857. The van der Waals surface area contributed by atoms with Gasteiger partial charge in [0.1, 0.15) is 0 Å². The highest BCUT2D eigenvalue weighted by Crippen LogP contribution is 2.31. The van der Waals surface area contributed by atoms with Gasteiger partial charge in [-0.1, -0.05) is 0 Å². The van der Waals surface area contributed by atoms with Crippen molar-refractivity contribution in [3.8, 4) is 6.07 Å². The first-order valence-electron chi connectivity index (χ1n) is 6.90. The lowest BCUT2D eigenvalue weighted by atomic mass is 9.82. The van der Waals surface area contributed by atoms with Gasteiger partial charge in [-0.3, -0.25) is 4.79 Å². The number of rotatable bonds is 2. The van der Waals surface area contributed by atoms with E-state index in [9.17, 15) is 4.79 Å². The van der Waals surface area contributed by atoms with Crippen LogP contribution in [-0.4, -0.2) is 35.4 Å². The highest BCUT2D eigenvalue weighted by molar-refractivity contribution is 7.99. The van der Waals surface area contributed by atoms with E-state index >= 15 is 0 Å². The Morgan fingerprint density at radius 1 is 1.39 bits per heavy atom. The van der Waals surface area contributed by atoms with Gasteiger partial charge in [0.15, 0.2) is 0 Å². The van der Waals surface area contributed by atoms with Crippen LogP contribution in [0.1, 0.15) is 39.0 Å². The summed E-state index contributed by atoms with van der Waals surface area (Å²) in [4.78, 5) is 14.2. The molecule has 2 saturated heterocycles. The summed E-state index contributed by atoms with van der Waals surface area (Å²) in [5.74, 6) is 3.34. The van der Waals surface area contributed by atoms with Crippen LogP contribution in [0.2, 0.25) is 0 Å². The van der Waals surface area contributed by atoms with Crippen LogP contribution in [0.4, 0.5) is 0 Å². The SMILES string of the molecule is CC1(C#N)CCN(C(=O)CC2CCSCC2)CC1. The van der Waals surface area contributed by atoms with Gasteiger partial charge in [0.25, 0.3) is 0 Å². The zero-order valence-corrected chi connectivity index (χ0v) is 12.0. The van der Waals surface area contributed by atoms with E-state index in [0.717, 1.165) is 32.4 Å². The molecular formula is C14H22N2OS. The first-order valence-corrected chi connectivity index (χ1v) is 8.05. The average molecular weight is 266 g/mol. The van der Waals surface area contributed by atoms with E-state index in [-0.39, 0.29) is 5.41 Å². The van der Waals surface area contributed by atoms with Crippen LogP contribution >= 0.6 is 11.8 Å². The number of hydrogen-bond acceptors (Lipinski definition) is 3. The molecule has 0 N–H and O–H groups in total. The molecule has 0 spiro atoms. The van der Waals surface area contributed by atoms with Crippen molar-refractivity contribution in [1.29, 1.82) is 5.26 Å². The van der Waals surface area contributed by atoms with Crippen LogP contribution in [0.5, 0.6) is 0 Å². The Labute approximate surface area is 114 Å². The number of hydrogen-bond donors (Lipinski definition) is 0. The molecule has 2 heterocycles. The number of nitriles is 1. The Kier molecular flexibility index (Phi) is 4.55. The molecule has 0 aromatic rings. The van der Waals surface area contributed by atoms with Crippen LogP contribution in [0.15, 0.2) is 0 Å². The average Bonchev–Trinajstić information content (AvgIpc) is 2.40. The molecule has 100 valence electrons. The summed E-state index contributed by atoms with van der Waals surface area (Å²) in [6, 6.07) is 2.38. The molecule has 0 bridgehead atoms. The smallest absolute Gasteiger partial charge is 0.222 e. The summed E-state index contributed by atoms with van der Waals surface area (Å²) < 4.78 is 0. The molecule has 0 saturated carbocycles. The van der Waals surface area contributed by atoms with Gasteiger partial charge in [-0.25, -0.2) is 0 Å². The first kappa shape index (κ1) is 13.7. The Morgan fingerprint density at radius 3 is 2.56 bits per heavy atom. The summed E-state index contributed by atoms with van der Waals surface area (Å²) in [5, 5.41) is 9.08. The first-order chi connectivity index (χ1) is 8.63. The van der Waals surface area contributed by atoms with Crippen molar-refractivity contribution in [3.63, 3.8) is 0 Å². The molecule has 0 unspecified atom stereocenters. The van der Waals surface area contributed by atoms with E-state index in [1.165, 1.54) is 24.3 Å². The molecule has 0 aliphatic carbocycles. The maximum Gasteiger partial charge on any atom is 0.222 e. The van der Waals surface area contributed by atoms with Crippen LogP contribution in [0.25, 0.3) is 0 Å². The van der Waals surface area contributed by atoms with E-state index in [1.54, 1.807) is 0 Å². The van der Waals surface area contributed by atoms with Crippen LogP contribution in [0, 0.1) is 22.7 Å². The highest BCUT2D eigenvalue weighted by Gasteiger charge is 2.32. The van der Waals surface area contributed by atoms with E-state index in [4.69, 9.17) is 5.26 Å². The van der Waals surface area contributed by atoms with Crippen molar-refractivity contribution < 1.29 is 4.79 Å². The maximum atomic E-state index is 12.2. The molecule has 2 aliphatic rings. The van der Waals surface area contributed by atoms with Crippen molar-refractivity contribution in [3.05, 3.63) is 0 Å². The summed E-state index contributed by atoms with van der Waals surface area (Å²) >= 11 is 2.00. The van der Waals surface area contributed by atoms with Gasteiger partial charge in [0, 0.05) is 19.5 Å². The van der Waals surface area contributed by atoms with Gasteiger partial charge in [-0.2, -0.15) is 17.0 Å². The molecule has 4 heteroatoms. The molecular weight excluding hydrogens is 244 g/mol. The number of nitrogens with zero attached hydrogens (tertiary/aromatic N) is 2. The predicted molar refractivity (Wildman–Crippen MR) is 74.2 cm³/mol. The molecule has 3 nitrogen and oxygen atoms in total. The van der Waals surface area contributed by atoms with Crippen molar-refractivity contribution in [2.24, 2.45) is 11.3 Å². The quantitative estimate of drug-likeness (QED) is 0.772. The second-order valence-corrected chi connectivity index (χ2v) is 7.04. The third-order valence-corrected chi connectivity index (χ3v) is 5.34. The fourth-order valence-electron chi connectivity index (χ4n) is 2.69. The Hall–Kier alpha value is -0.690. The van der Waals surface area contributed by atoms with Crippen molar-refractivity contribution in [1.82, 2.24) is 4.90 Å². The van der Waals surface area contributed by atoms with E-state index in [1.807, 2.05) is 23.6 Å². The Morgan fingerprint density at radius 2 is 2.00 bits per heavy atom.